The Morgan fingerprint density at radius 3 is 3.07 bits per heavy atom. The Bertz CT molecular complexity index is 473. The molecule has 2 aromatic heterocycles. The van der Waals surface area contributed by atoms with E-state index in [2.05, 4.69) is 15.0 Å². The second-order valence-electron chi connectivity index (χ2n) is 3.91. The largest absolute Gasteiger partial charge is 0.395 e. The molecule has 0 bridgehead atoms. The molecule has 0 aliphatic heterocycles. The topological polar surface area (TPSA) is 61.8 Å². The first-order valence-corrected chi connectivity index (χ1v) is 4.76. The maximum Gasteiger partial charge on any atom is 0.141 e. The number of aliphatic hydroxyl groups is 1. The summed E-state index contributed by atoms with van der Waals surface area (Å²) in [5, 5.41) is 10.3. The van der Waals surface area contributed by atoms with Gasteiger partial charge in [0, 0.05) is 17.8 Å². The van der Waals surface area contributed by atoms with Crippen LogP contribution in [0.5, 0.6) is 0 Å². The van der Waals surface area contributed by atoms with Crippen LogP contribution in [0.25, 0.3) is 11.0 Å². The Kier molecular flexibility index (Phi) is 1.44. The van der Waals surface area contributed by atoms with Crippen molar-refractivity contribution >= 4 is 11.0 Å². The van der Waals surface area contributed by atoms with E-state index >= 15 is 0 Å². The van der Waals surface area contributed by atoms with Gasteiger partial charge in [-0.15, -0.1) is 0 Å². The molecule has 0 amide bonds. The molecule has 0 unspecified atom stereocenters. The quantitative estimate of drug-likeness (QED) is 0.740. The standard InChI is InChI=1S/C10H11N3O/c14-6-10(2-3-10)9-12-5-7-1-4-11-8(7)13-9/h1,4-5,14H,2-3,6H2,(H,11,12,13). The third kappa shape index (κ3) is 0.974. The van der Waals surface area contributed by atoms with Crippen LogP contribution in [-0.2, 0) is 5.41 Å². The van der Waals surface area contributed by atoms with Gasteiger partial charge in [0.2, 0.25) is 0 Å². The van der Waals surface area contributed by atoms with Crippen LogP contribution in [0.3, 0.4) is 0 Å². The van der Waals surface area contributed by atoms with E-state index in [1.54, 1.807) is 0 Å². The van der Waals surface area contributed by atoms with Crippen molar-refractivity contribution in [3.8, 4) is 0 Å². The number of aromatic amines is 1. The summed E-state index contributed by atoms with van der Waals surface area (Å²) < 4.78 is 0. The van der Waals surface area contributed by atoms with E-state index in [0.29, 0.717) is 0 Å². The molecule has 14 heavy (non-hydrogen) atoms. The first-order valence-electron chi connectivity index (χ1n) is 4.76. The normalized spacial score (nSPS) is 18.6. The first-order chi connectivity index (χ1) is 6.84. The summed E-state index contributed by atoms with van der Waals surface area (Å²) in [6, 6.07) is 1.94. The SMILES string of the molecule is OCC1(c2ncc3cc[nH]c3n2)CC1. The summed E-state index contributed by atoms with van der Waals surface area (Å²) in [6.07, 6.45) is 5.65. The molecule has 0 spiro atoms. The number of H-pyrrole nitrogens is 1. The average molecular weight is 189 g/mol. The van der Waals surface area contributed by atoms with Gasteiger partial charge >= 0.3 is 0 Å². The molecule has 1 aliphatic carbocycles. The lowest BCUT2D eigenvalue weighted by Crippen LogP contribution is -2.15. The van der Waals surface area contributed by atoms with Gasteiger partial charge in [-0.2, -0.15) is 0 Å². The smallest absolute Gasteiger partial charge is 0.141 e. The number of nitrogens with one attached hydrogen (secondary N) is 1. The van der Waals surface area contributed by atoms with Gasteiger partial charge < -0.3 is 10.1 Å². The van der Waals surface area contributed by atoms with Crippen LogP contribution in [-0.4, -0.2) is 26.7 Å². The molecule has 2 N–H and O–H groups in total. The van der Waals surface area contributed by atoms with Crippen molar-refractivity contribution in [2.75, 3.05) is 6.61 Å². The zero-order chi connectivity index (χ0) is 9.60. The van der Waals surface area contributed by atoms with E-state index in [1.807, 2.05) is 18.5 Å². The molecule has 0 atom stereocenters. The third-order valence-corrected chi connectivity index (χ3v) is 2.93. The van der Waals surface area contributed by atoms with Crippen molar-refractivity contribution in [2.45, 2.75) is 18.3 Å². The number of hydrogen-bond acceptors (Lipinski definition) is 3. The minimum absolute atomic E-state index is 0.140. The first kappa shape index (κ1) is 7.94. The van der Waals surface area contributed by atoms with Crippen LogP contribution >= 0.6 is 0 Å². The predicted molar refractivity (Wildman–Crippen MR) is 51.9 cm³/mol. The van der Waals surface area contributed by atoms with Crippen LogP contribution in [0.4, 0.5) is 0 Å². The lowest BCUT2D eigenvalue weighted by Gasteiger charge is -2.08. The van der Waals surface area contributed by atoms with E-state index < -0.39 is 0 Å². The van der Waals surface area contributed by atoms with Gasteiger partial charge in [-0.3, -0.25) is 0 Å². The van der Waals surface area contributed by atoms with E-state index in [4.69, 9.17) is 0 Å². The molecule has 0 radical (unpaired) electrons. The Hall–Kier alpha value is -1.42. The van der Waals surface area contributed by atoms with Gasteiger partial charge in [-0.1, -0.05) is 0 Å². The highest BCUT2D eigenvalue weighted by atomic mass is 16.3. The number of rotatable bonds is 2. The second-order valence-corrected chi connectivity index (χ2v) is 3.91. The summed E-state index contributed by atoms with van der Waals surface area (Å²) in [5.41, 5.74) is 0.717. The molecule has 0 aromatic carbocycles. The van der Waals surface area contributed by atoms with E-state index in [1.165, 1.54) is 0 Å². The summed E-state index contributed by atoms with van der Waals surface area (Å²) in [5.74, 6) is 0.773. The lowest BCUT2D eigenvalue weighted by molar-refractivity contribution is 0.250. The molecule has 1 fully saturated rings. The zero-order valence-electron chi connectivity index (χ0n) is 7.70. The summed E-state index contributed by atoms with van der Waals surface area (Å²) >= 11 is 0. The minimum atomic E-state index is -0.140. The molecule has 4 heteroatoms. The summed E-state index contributed by atoms with van der Waals surface area (Å²) in [4.78, 5) is 11.8. The predicted octanol–water partition coefficient (Wildman–Crippen LogP) is 0.982. The van der Waals surface area contributed by atoms with Crippen molar-refractivity contribution in [3.05, 3.63) is 24.3 Å². The van der Waals surface area contributed by atoms with Gasteiger partial charge in [0.1, 0.15) is 11.5 Å². The number of aliphatic hydroxyl groups excluding tert-OH is 1. The maximum absolute atomic E-state index is 9.24. The summed E-state index contributed by atoms with van der Waals surface area (Å²) in [7, 11) is 0. The van der Waals surface area contributed by atoms with Gasteiger partial charge in [0.25, 0.3) is 0 Å². The second kappa shape index (κ2) is 2.54. The summed E-state index contributed by atoms with van der Waals surface area (Å²) in [6.45, 7) is 0.152. The molecule has 2 aromatic rings. The number of aromatic nitrogens is 3. The van der Waals surface area contributed by atoms with Crippen molar-refractivity contribution < 1.29 is 5.11 Å². The number of fused-ring (bicyclic) bond motifs is 1. The highest BCUT2D eigenvalue weighted by Crippen LogP contribution is 2.45. The monoisotopic (exact) mass is 189 g/mol. The highest BCUT2D eigenvalue weighted by Gasteiger charge is 2.46. The Labute approximate surface area is 81.0 Å². The van der Waals surface area contributed by atoms with Crippen molar-refractivity contribution in [1.29, 1.82) is 0 Å². The fourth-order valence-electron chi connectivity index (χ4n) is 1.70. The van der Waals surface area contributed by atoms with Gasteiger partial charge in [-0.05, 0) is 18.9 Å². The fourth-order valence-corrected chi connectivity index (χ4v) is 1.70. The molecule has 0 saturated heterocycles. The van der Waals surface area contributed by atoms with Crippen LogP contribution in [0.1, 0.15) is 18.7 Å². The molecule has 2 heterocycles. The molecule has 4 nitrogen and oxygen atoms in total. The number of nitrogens with zero attached hydrogens (tertiary/aromatic N) is 2. The van der Waals surface area contributed by atoms with Crippen LogP contribution in [0.2, 0.25) is 0 Å². The van der Waals surface area contributed by atoms with Crippen molar-refractivity contribution in [2.24, 2.45) is 0 Å². The van der Waals surface area contributed by atoms with Crippen LogP contribution < -0.4 is 0 Å². The van der Waals surface area contributed by atoms with Crippen LogP contribution in [0.15, 0.2) is 18.5 Å². The molecule has 1 saturated carbocycles. The van der Waals surface area contributed by atoms with Crippen molar-refractivity contribution in [1.82, 2.24) is 15.0 Å². The Morgan fingerprint density at radius 1 is 1.50 bits per heavy atom. The fraction of sp³-hybridized carbons (Fsp3) is 0.400. The van der Waals surface area contributed by atoms with Gasteiger partial charge in [0.05, 0.1) is 12.0 Å². The molecule has 3 rings (SSSR count). The molecular weight excluding hydrogens is 178 g/mol. The average Bonchev–Trinajstić information content (AvgIpc) is 2.89. The van der Waals surface area contributed by atoms with Gasteiger partial charge in [0.15, 0.2) is 0 Å². The highest BCUT2D eigenvalue weighted by molar-refractivity contribution is 5.74. The van der Waals surface area contributed by atoms with E-state index in [9.17, 15) is 5.11 Å². The molecule has 72 valence electrons. The minimum Gasteiger partial charge on any atom is -0.395 e. The molecule has 1 aliphatic rings. The van der Waals surface area contributed by atoms with Crippen molar-refractivity contribution in [3.63, 3.8) is 0 Å². The third-order valence-electron chi connectivity index (χ3n) is 2.93. The van der Waals surface area contributed by atoms with Gasteiger partial charge in [-0.25, -0.2) is 9.97 Å². The Balaban J connectivity index is 2.13. The lowest BCUT2D eigenvalue weighted by atomic mass is 10.1. The zero-order valence-corrected chi connectivity index (χ0v) is 7.70. The van der Waals surface area contributed by atoms with Crippen LogP contribution in [0, 0.1) is 0 Å². The maximum atomic E-state index is 9.24. The van der Waals surface area contributed by atoms with E-state index in [-0.39, 0.29) is 12.0 Å². The van der Waals surface area contributed by atoms with E-state index in [0.717, 1.165) is 29.7 Å². The Morgan fingerprint density at radius 2 is 2.36 bits per heavy atom. The number of hydrogen-bond donors (Lipinski definition) is 2. The molecular formula is C10H11N3O.